The van der Waals surface area contributed by atoms with Gasteiger partial charge in [0.25, 0.3) is 0 Å². The number of benzene rings is 1. The highest BCUT2D eigenvalue weighted by molar-refractivity contribution is 6.30. The average Bonchev–Trinajstić information content (AvgIpc) is 2.37. The van der Waals surface area contributed by atoms with Gasteiger partial charge in [0, 0.05) is 5.02 Å². The molecule has 0 aliphatic rings. The SMILES string of the molecule is CCOC(=O)CC(O)C(O)c1cc(Cl)cc(C#N)c1. The fourth-order valence-electron chi connectivity index (χ4n) is 1.57. The van der Waals surface area contributed by atoms with Crippen LogP contribution in [0.25, 0.3) is 0 Å². The number of halogens is 1. The van der Waals surface area contributed by atoms with Crippen molar-refractivity contribution in [2.75, 3.05) is 6.61 Å². The topological polar surface area (TPSA) is 90.6 Å². The third-order valence-electron chi connectivity index (χ3n) is 2.44. The molecule has 0 radical (unpaired) electrons. The third-order valence-corrected chi connectivity index (χ3v) is 2.65. The first-order chi connectivity index (χ1) is 8.97. The Labute approximate surface area is 116 Å². The summed E-state index contributed by atoms with van der Waals surface area (Å²) in [5.74, 6) is -0.600. The molecule has 0 amide bonds. The average molecular weight is 284 g/mol. The maximum atomic E-state index is 11.2. The fourth-order valence-corrected chi connectivity index (χ4v) is 1.82. The first-order valence-corrected chi connectivity index (χ1v) is 6.08. The summed E-state index contributed by atoms with van der Waals surface area (Å²) < 4.78 is 4.68. The van der Waals surface area contributed by atoms with E-state index in [0.29, 0.717) is 0 Å². The van der Waals surface area contributed by atoms with Crippen LogP contribution in [0.1, 0.15) is 30.6 Å². The van der Waals surface area contributed by atoms with E-state index in [1.807, 2.05) is 6.07 Å². The van der Waals surface area contributed by atoms with Crippen molar-refractivity contribution in [2.45, 2.75) is 25.6 Å². The van der Waals surface area contributed by atoms with Gasteiger partial charge in [-0.15, -0.1) is 0 Å². The molecule has 102 valence electrons. The van der Waals surface area contributed by atoms with Crippen LogP contribution in [0, 0.1) is 11.3 Å². The fraction of sp³-hybridized carbons (Fsp3) is 0.385. The smallest absolute Gasteiger partial charge is 0.308 e. The standard InChI is InChI=1S/C13H14ClNO4/c1-2-19-12(17)6-11(16)13(18)9-3-8(7-15)4-10(14)5-9/h3-5,11,13,16,18H,2,6H2,1H3. The van der Waals surface area contributed by atoms with E-state index in [9.17, 15) is 15.0 Å². The van der Waals surface area contributed by atoms with E-state index >= 15 is 0 Å². The molecule has 2 unspecified atom stereocenters. The second-order valence-electron chi connectivity index (χ2n) is 3.91. The zero-order chi connectivity index (χ0) is 14.4. The molecule has 0 saturated heterocycles. The second-order valence-corrected chi connectivity index (χ2v) is 4.34. The number of aliphatic hydroxyl groups is 2. The first-order valence-electron chi connectivity index (χ1n) is 5.70. The third kappa shape index (κ3) is 4.52. The summed E-state index contributed by atoms with van der Waals surface area (Å²) in [6.07, 6.45) is -2.96. The van der Waals surface area contributed by atoms with Crippen LogP contribution in [0.4, 0.5) is 0 Å². The normalized spacial score (nSPS) is 13.4. The van der Waals surface area contributed by atoms with E-state index in [1.165, 1.54) is 18.2 Å². The Morgan fingerprint density at radius 3 is 2.74 bits per heavy atom. The van der Waals surface area contributed by atoms with E-state index in [2.05, 4.69) is 4.74 Å². The van der Waals surface area contributed by atoms with Gasteiger partial charge in [-0.3, -0.25) is 4.79 Å². The molecule has 2 N–H and O–H groups in total. The van der Waals surface area contributed by atoms with Gasteiger partial charge < -0.3 is 14.9 Å². The quantitative estimate of drug-likeness (QED) is 0.800. The predicted octanol–water partition coefficient (Wildman–Crippen LogP) is 1.56. The Bertz CT molecular complexity index is 498. The number of hydrogen-bond acceptors (Lipinski definition) is 5. The lowest BCUT2D eigenvalue weighted by Crippen LogP contribution is -2.23. The van der Waals surface area contributed by atoms with Crippen LogP contribution >= 0.6 is 11.6 Å². The van der Waals surface area contributed by atoms with E-state index in [4.69, 9.17) is 16.9 Å². The minimum atomic E-state index is -1.32. The van der Waals surface area contributed by atoms with Crippen molar-refractivity contribution in [1.82, 2.24) is 0 Å². The van der Waals surface area contributed by atoms with Crippen molar-refractivity contribution in [2.24, 2.45) is 0 Å². The summed E-state index contributed by atoms with van der Waals surface area (Å²) in [6.45, 7) is 1.86. The van der Waals surface area contributed by atoms with Crippen LogP contribution in [0.2, 0.25) is 5.02 Å². The van der Waals surface area contributed by atoms with Gasteiger partial charge in [0.05, 0.1) is 30.8 Å². The highest BCUT2D eigenvalue weighted by Gasteiger charge is 2.22. The number of ether oxygens (including phenoxy) is 1. The van der Waals surface area contributed by atoms with Gasteiger partial charge in [0.15, 0.2) is 0 Å². The molecule has 0 heterocycles. The molecule has 2 atom stereocenters. The summed E-state index contributed by atoms with van der Waals surface area (Å²) in [7, 11) is 0. The first kappa shape index (κ1) is 15.4. The summed E-state index contributed by atoms with van der Waals surface area (Å²) in [6, 6.07) is 6.17. The van der Waals surface area contributed by atoms with E-state index in [1.54, 1.807) is 6.92 Å². The molecule has 0 aliphatic heterocycles. The van der Waals surface area contributed by atoms with Crippen LogP contribution in [-0.2, 0) is 9.53 Å². The van der Waals surface area contributed by atoms with Crippen molar-refractivity contribution >= 4 is 17.6 Å². The van der Waals surface area contributed by atoms with E-state index in [-0.39, 0.29) is 29.2 Å². The molecule has 1 aromatic rings. The molecule has 19 heavy (non-hydrogen) atoms. The Morgan fingerprint density at radius 2 is 2.16 bits per heavy atom. The van der Waals surface area contributed by atoms with Gasteiger partial charge in [-0.1, -0.05) is 11.6 Å². The predicted molar refractivity (Wildman–Crippen MR) is 68.4 cm³/mol. The van der Waals surface area contributed by atoms with Gasteiger partial charge in [0.2, 0.25) is 0 Å². The molecule has 5 nitrogen and oxygen atoms in total. The number of hydrogen-bond donors (Lipinski definition) is 2. The van der Waals surface area contributed by atoms with Crippen molar-refractivity contribution in [3.05, 3.63) is 34.3 Å². The summed E-state index contributed by atoms with van der Waals surface area (Å²) in [5, 5.41) is 28.7. The maximum Gasteiger partial charge on any atom is 0.308 e. The van der Waals surface area contributed by atoms with E-state index < -0.39 is 18.2 Å². The summed E-state index contributed by atoms with van der Waals surface area (Å²) >= 11 is 5.80. The minimum Gasteiger partial charge on any atom is -0.466 e. The Kier molecular flexibility index (Phi) is 5.77. The molecule has 6 heteroatoms. The molecule has 0 saturated carbocycles. The minimum absolute atomic E-state index is 0.206. The zero-order valence-corrected chi connectivity index (χ0v) is 11.1. The van der Waals surface area contributed by atoms with Crippen molar-refractivity contribution in [1.29, 1.82) is 5.26 Å². The second kappa shape index (κ2) is 7.10. The van der Waals surface area contributed by atoms with E-state index in [0.717, 1.165) is 0 Å². The summed E-state index contributed by atoms with van der Waals surface area (Å²) in [5.41, 5.74) is 0.547. The van der Waals surface area contributed by atoms with Crippen molar-refractivity contribution in [3.8, 4) is 6.07 Å². The highest BCUT2D eigenvalue weighted by atomic mass is 35.5. The number of rotatable bonds is 5. The Balaban J connectivity index is 2.82. The lowest BCUT2D eigenvalue weighted by Gasteiger charge is -2.17. The van der Waals surface area contributed by atoms with Gasteiger partial charge in [-0.05, 0) is 30.7 Å². The highest BCUT2D eigenvalue weighted by Crippen LogP contribution is 2.24. The summed E-state index contributed by atoms with van der Waals surface area (Å²) in [4.78, 5) is 11.2. The number of carbonyl (C=O) groups excluding carboxylic acids is 1. The van der Waals surface area contributed by atoms with Crippen LogP contribution in [0.15, 0.2) is 18.2 Å². The molecular weight excluding hydrogens is 270 g/mol. The number of carbonyl (C=O) groups is 1. The number of nitriles is 1. The number of aliphatic hydroxyl groups excluding tert-OH is 2. The van der Waals surface area contributed by atoms with Gasteiger partial charge in [-0.2, -0.15) is 5.26 Å². The van der Waals surface area contributed by atoms with Gasteiger partial charge in [0.1, 0.15) is 6.10 Å². The molecule has 0 spiro atoms. The lowest BCUT2D eigenvalue weighted by molar-refractivity contribution is -0.147. The largest absolute Gasteiger partial charge is 0.466 e. The molecule has 0 bridgehead atoms. The van der Waals surface area contributed by atoms with Gasteiger partial charge in [-0.25, -0.2) is 0 Å². The van der Waals surface area contributed by atoms with Crippen LogP contribution in [0.3, 0.4) is 0 Å². The van der Waals surface area contributed by atoms with Crippen LogP contribution in [-0.4, -0.2) is 28.9 Å². The number of nitrogens with zero attached hydrogens (tertiary/aromatic N) is 1. The molecule has 0 fully saturated rings. The van der Waals surface area contributed by atoms with Crippen molar-refractivity contribution < 1.29 is 19.7 Å². The molecule has 1 aromatic carbocycles. The molecular formula is C13H14ClNO4. The monoisotopic (exact) mass is 283 g/mol. The van der Waals surface area contributed by atoms with Crippen molar-refractivity contribution in [3.63, 3.8) is 0 Å². The molecule has 1 rings (SSSR count). The molecule has 0 aromatic heterocycles. The Hall–Kier alpha value is -1.61. The Morgan fingerprint density at radius 1 is 1.47 bits per heavy atom. The van der Waals surface area contributed by atoms with Gasteiger partial charge >= 0.3 is 5.97 Å². The molecule has 0 aliphatic carbocycles. The maximum absolute atomic E-state index is 11.2. The van der Waals surface area contributed by atoms with Crippen LogP contribution in [0.5, 0.6) is 0 Å². The zero-order valence-electron chi connectivity index (χ0n) is 10.3. The van der Waals surface area contributed by atoms with Crippen LogP contribution < -0.4 is 0 Å². The lowest BCUT2D eigenvalue weighted by atomic mass is 10.0. The number of esters is 1.